The SMILES string of the molecule is NCCc1cc(-c2ccsc2)n[nH]1. The van der Waals surface area contributed by atoms with E-state index in [-0.39, 0.29) is 0 Å². The molecule has 2 aromatic heterocycles. The lowest BCUT2D eigenvalue weighted by molar-refractivity contribution is 0.902. The summed E-state index contributed by atoms with van der Waals surface area (Å²) in [6, 6.07) is 4.11. The predicted octanol–water partition coefficient (Wildman–Crippen LogP) is 1.64. The molecule has 3 nitrogen and oxygen atoms in total. The Bertz CT molecular complexity index is 364. The quantitative estimate of drug-likeness (QED) is 0.778. The first-order valence-electron chi connectivity index (χ1n) is 4.17. The Labute approximate surface area is 80.6 Å². The van der Waals surface area contributed by atoms with E-state index in [4.69, 9.17) is 5.73 Å². The van der Waals surface area contributed by atoms with Crippen molar-refractivity contribution in [1.82, 2.24) is 10.2 Å². The number of thiophene rings is 1. The Morgan fingerprint density at radius 1 is 1.54 bits per heavy atom. The van der Waals surface area contributed by atoms with Gasteiger partial charge in [-0.25, -0.2) is 0 Å². The lowest BCUT2D eigenvalue weighted by atomic mass is 10.2. The largest absolute Gasteiger partial charge is 0.330 e. The van der Waals surface area contributed by atoms with Crippen LogP contribution in [-0.2, 0) is 6.42 Å². The van der Waals surface area contributed by atoms with E-state index in [9.17, 15) is 0 Å². The molecule has 0 atom stereocenters. The van der Waals surface area contributed by atoms with Crippen LogP contribution in [0.25, 0.3) is 11.3 Å². The van der Waals surface area contributed by atoms with Crippen molar-refractivity contribution in [3.63, 3.8) is 0 Å². The van der Waals surface area contributed by atoms with Crippen molar-refractivity contribution in [1.29, 1.82) is 0 Å². The molecule has 0 saturated carbocycles. The van der Waals surface area contributed by atoms with Crippen LogP contribution < -0.4 is 5.73 Å². The van der Waals surface area contributed by atoms with Gasteiger partial charge < -0.3 is 5.73 Å². The number of hydrogen-bond acceptors (Lipinski definition) is 3. The molecular formula is C9H11N3S. The van der Waals surface area contributed by atoms with Crippen molar-refractivity contribution >= 4 is 11.3 Å². The summed E-state index contributed by atoms with van der Waals surface area (Å²) in [5, 5.41) is 11.3. The average molecular weight is 193 g/mol. The second-order valence-electron chi connectivity index (χ2n) is 2.83. The van der Waals surface area contributed by atoms with E-state index in [2.05, 4.69) is 27.7 Å². The van der Waals surface area contributed by atoms with Gasteiger partial charge in [-0.05, 0) is 24.1 Å². The lowest BCUT2D eigenvalue weighted by Gasteiger charge is -1.87. The summed E-state index contributed by atoms with van der Waals surface area (Å²) >= 11 is 1.68. The molecule has 3 N–H and O–H groups in total. The van der Waals surface area contributed by atoms with E-state index < -0.39 is 0 Å². The third-order valence-electron chi connectivity index (χ3n) is 1.86. The van der Waals surface area contributed by atoms with Crippen LogP contribution in [0.2, 0.25) is 0 Å². The van der Waals surface area contributed by atoms with Crippen LogP contribution >= 0.6 is 11.3 Å². The van der Waals surface area contributed by atoms with Gasteiger partial charge >= 0.3 is 0 Å². The molecular weight excluding hydrogens is 182 g/mol. The normalized spacial score (nSPS) is 10.5. The fourth-order valence-electron chi connectivity index (χ4n) is 1.20. The van der Waals surface area contributed by atoms with Crippen molar-refractivity contribution in [3.8, 4) is 11.3 Å². The third kappa shape index (κ3) is 1.79. The van der Waals surface area contributed by atoms with Crippen molar-refractivity contribution in [2.45, 2.75) is 6.42 Å². The Balaban J connectivity index is 2.23. The van der Waals surface area contributed by atoms with Gasteiger partial charge in [-0.15, -0.1) is 0 Å². The zero-order valence-corrected chi connectivity index (χ0v) is 7.97. The summed E-state index contributed by atoms with van der Waals surface area (Å²) < 4.78 is 0. The number of rotatable bonds is 3. The monoisotopic (exact) mass is 193 g/mol. The molecule has 0 aliphatic heterocycles. The zero-order valence-electron chi connectivity index (χ0n) is 7.16. The number of nitrogens with one attached hydrogen (secondary N) is 1. The number of aromatic nitrogens is 2. The highest BCUT2D eigenvalue weighted by Crippen LogP contribution is 2.20. The average Bonchev–Trinajstić information content (AvgIpc) is 2.70. The van der Waals surface area contributed by atoms with E-state index in [0.717, 1.165) is 17.8 Å². The lowest BCUT2D eigenvalue weighted by Crippen LogP contribution is -2.02. The topological polar surface area (TPSA) is 54.7 Å². The molecule has 0 unspecified atom stereocenters. The first-order valence-corrected chi connectivity index (χ1v) is 5.11. The van der Waals surface area contributed by atoms with Gasteiger partial charge in [0.1, 0.15) is 0 Å². The number of hydrogen-bond donors (Lipinski definition) is 2. The second kappa shape index (κ2) is 3.72. The molecule has 4 heteroatoms. The van der Waals surface area contributed by atoms with E-state index in [1.165, 1.54) is 5.56 Å². The van der Waals surface area contributed by atoms with Crippen LogP contribution in [0.4, 0.5) is 0 Å². The van der Waals surface area contributed by atoms with Gasteiger partial charge in [0.15, 0.2) is 0 Å². The van der Waals surface area contributed by atoms with Crippen molar-refractivity contribution in [3.05, 3.63) is 28.6 Å². The molecule has 2 heterocycles. The second-order valence-corrected chi connectivity index (χ2v) is 3.61. The maximum Gasteiger partial charge on any atom is 0.0931 e. The van der Waals surface area contributed by atoms with Crippen molar-refractivity contribution < 1.29 is 0 Å². The smallest absolute Gasteiger partial charge is 0.0931 e. The summed E-state index contributed by atoms with van der Waals surface area (Å²) in [7, 11) is 0. The Kier molecular flexibility index (Phi) is 2.42. The van der Waals surface area contributed by atoms with Crippen LogP contribution in [-0.4, -0.2) is 16.7 Å². The molecule has 0 amide bonds. The third-order valence-corrected chi connectivity index (χ3v) is 2.54. The fourth-order valence-corrected chi connectivity index (χ4v) is 1.85. The highest BCUT2D eigenvalue weighted by Gasteiger charge is 2.02. The van der Waals surface area contributed by atoms with Crippen LogP contribution in [0, 0.1) is 0 Å². The minimum atomic E-state index is 0.658. The summed E-state index contributed by atoms with van der Waals surface area (Å²) in [6.45, 7) is 0.658. The number of H-pyrrole nitrogens is 1. The first kappa shape index (κ1) is 8.47. The highest BCUT2D eigenvalue weighted by molar-refractivity contribution is 7.08. The predicted molar refractivity (Wildman–Crippen MR) is 54.7 cm³/mol. The Morgan fingerprint density at radius 3 is 3.15 bits per heavy atom. The summed E-state index contributed by atoms with van der Waals surface area (Å²) in [6.07, 6.45) is 0.858. The fraction of sp³-hybridized carbons (Fsp3) is 0.222. The van der Waals surface area contributed by atoms with Crippen molar-refractivity contribution in [2.24, 2.45) is 5.73 Å². The molecule has 0 radical (unpaired) electrons. The molecule has 2 aromatic rings. The van der Waals surface area contributed by atoms with E-state index >= 15 is 0 Å². The minimum absolute atomic E-state index is 0.658. The minimum Gasteiger partial charge on any atom is -0.330 e. The summed E-state index contributed by atoms with van der Waals surface area (Å²) in [5.74, 6) is 0. The maximum atomic E-state index is 5.44. The number of aromatic amines is 1. The standard InChI is InChI=1S/C9H11N3S/c10-3-1-8-5-9(12-11-8)7-2-4-13-6-7/h2,4-6H,1,3,10H2,(H,11,12). The molecule has 68 valence electrons. The molecule has 2 rings (SSSR count). The van der Waals surface area contributed by atoms with Gasteiger partial charge in [-0.2, -0.15) is 16.4 Å². The van der Waals surface area contributed by atoms with Gasteiger partial charge in [-0.3, -0.25) is 5.10 Å². The van der Waals surface area contributed by atoms with Crippen LogP contribution in [0.5, 0.6) is 0 Å². The van der Waals surface area contributed by atoms with E-state index in [1.54, 1.807) is 11.3 Å². The number of nitrogens with zero attached hydrogens (tertiary/aromatic N) is 1. The molecule has 0 bridgehead atoms. The van der Waals surface area contributed by atoms with Gasteiger partial charge in [-0.1, -0.05) is 0 Å². The summed E-state index contributed by atoms with van der Waals surface area (Å²) in [4.78, 5) is 0. The molecule has 0 aromatic carbocycles. The van der Waals surface area contributed by atoms with Gasteiger partial charge in [0.05, 0.1) is 5.69 Å². The van der Waals surface area contributed by atoms with Gasteiger partial charge in [0.2, 0.25) is 0 Å². The van der Waals surface area contributed by atoms with Crippen LogP contribution in [0.15, 0.2) is 22.9 Å². The maximum absolute atomic E-state index is 5.44. The molecule has 0 spiro atoms. The van der Waals surface area contributed by atoms with E-state index in [0.29, 0.717) is 6.54 Å². The highest BCUT2D eigenvalue weighted by atomic mass is 32.1. The molecule has 0 aliphatic carbocycles. The van der Waals surface area contributed by atoms with Crippen LogP contribution in [0.3, 0.4) is 0 Å². The molecule has 0 saturated heterocycles. The summed E-state index contributed by atoms with van der Waals surface area (Å²) in [5.41, 5.74) is 8.72. The first-order chi connectivity index (χ1) is 6.40. The zero-order chi connectivity index (χ0) is 9.10. The molecule has 0 fully saturated rings. The molecule has 0 aliphatic rings. The Morgan fingerprint density at radius 2 is 2.46 bits per heavy atom. The van der Waals surface area contributed by atoms with Crippen LogP contribution in [0.1, 0.15) is 5.69 Å². The number of nitrogens with two attached hydrogens (primary N) is 1. The van der Waals surface area contributed by atoms with E-state index in [1.807, 2.05) is 5.38 Å². The van der Waals surface area contributed by atoms with Gasteiger partial charge in [0.25, 0.3) is 0 Å². The van der Waals surface area contributed by atoms with Crippen molar-refractivity contribution in [2.75, 3.05) is 6.54 Å². The molecule has 13 heavy (non-hydrogen) atoms. The van der Waals surface area contributed by atoms with Gasteiger partial charge in [0, 0.05) is 23.1 Å². The Hall–Kier alpha value is -1.13.